The third kappa shape index (κ3) is 4.64. The fourth-order valence-corrected chi connectivity index (χ4v) is 3.23. The first-order valence-corrected chi connectivity index (χ1v) is 8.65. The maximum absolute atomic E-state index is 12.2. The number of rotatable bonds is 6. The summed E-state index contributed by atoms with van der Waals surface area (Å²) in [4.78, 5) is 18.2. The summed E-state index contributed by atoms with van der Waals surface area (Å²) < 4.78 is 29.7. The van der Waals surface area contributed by atoms with Crippen molar-refractivity contribution in [1.82, 2.24) is 9.88 Å². The van der Waals surface area contributed by atoms with Crippen molar-refractivity contribution in [2.75, 3.05) is 7.05 Å². The van der Waals surface area contributed by atoms with E-state index in [2.05, 4.69) is 9.72 Å². The van der Waals surface area contributed by atoms with Crippen LogP contribution in [0.2, 0.25) is 0 Å². The number of hydrogen-bond acceptors (Lipinski definition) is 4. The van der Waals surface area contributed by atoms with Crippen LogP contribution in [0.1, 0.15) is 10.6 Å². The molecular formula is C19H16F2N2O2S. The van der Waals surface area contributed by atoms with E-state index in [4.69, 9.17) is 0 Å². The van der Waals surface area contributed by atoms with Gasteiger partial charge in [0.1, 0.15) is 10.8 Å². The van der Waals surface area contributed by atoms with Crippen molar-refractivity contribution in [3.05, 3.63) is 65.2 Å². The van der Waals surface area contributed by atoms with Crippen LogP contribution in [-0.4, -0.2) is 29.5 Å². The number of likely N-dealkylation sites (N-methyl/N-ethyl adjacent to an activating group) is 1. The van der Waals surface area contributed by atoms with E-state index in [1.165, 1.54) is 34.4 Å². The van der Waals surface area contributed by atoms with Gasteiger partial charge in [-0.1, -0.05) is 24.3 Å². The lowest BCUT2D eigenvalue weighted by atomic mass is 10.2. The van der Waals surface area contributed by atoms with Gasteiger partial charge in [-0.25, -0.2) is 4.98 Å². The lowest BCUT2D eigenvalue weighted by Gasteiger charge is -2.15. The number of fused-ring (bicyclic) bond motifs is 1. The molecule has 3 rings (SSSR count). The van der Waals surface area contributed by atoms with Crippen LogP contribution in [-0.2, 0) is 11.3 Å². The minimum atomic E-state index is -2.85. The second-order valence-corrected chi connectivity index (χ2v) is 6.63. The van der Waals surface area contributed by atoms with Gasteiger partial charge in [0.25, 0.3) is 0 Å². The zero-order chi connectivity index (χ0) is 18.5. The first kappa shape index (κ1) is 18.0. The lowest BCUT2D eigenvalue weighted by molar-refractivity contribution is -0.125. The summed E-state index contributed by atoms with van der Waals surface area (Å²) in [5.74, 6) is -0.0781. The van der Waals surface area contributed by atoms with Crippen molar-refractivity contribution >= 4 is 33.5 Å². The zero-order valence-corrected chi connectivity index (χ0v) is 14.7. The van der Waals surface area contributed by atoms with E-state index < -0.39 is 6.61 Å². The molecule has 0 unspecified atom stereocenters. The molecule has 0 aliphatic rings. The highest BCUT2D eigenvalue weighted by Gasteiger charge is 2.08. The van der Waals surface area contributed by atoms with Crippen molar-refractivity contribution < 1.29 is 18.3 Å². The van der Waals surface area contributed by atoms with Gasteiger partial charge >= 0.3 is 6.61 Å². The molecule has 3 aromatic rings. The summed E-state index contributed by atoms with van der Waals surface area (Å²) in [6.45, 7) is -2.49. The molecule has 1 heterocycles. The fraction of sp³-hybridized carbons (Fsp3) is 0.158. The summed E-state index contributed by atoms with van der Waals surface area (Å²) in [6, 6.07) is 14.0. The Labute approximate surface area is 153 Å². The van der Waals surface area contributed by atoms with Crippen molar-refractivity contribution in [2.24, 2.45) is 0 Å². The number of ether oxygens (including phenoxy) is 1. The normalized spacial score (nSPS) is 11.4. The Kier molecular flexibility index (Phi) is 5.58. The quantitative estimate of drug-likeness (QED) is 0.594. The largest absolute Gasteiger partial charge is 0.435 e. The Morgan fingerprint density at radius 1 is 1.23 bits per heavy atom. The monoisotopic (exact) mass is 374 g/mol. The minimum Gasteiger partial charge on any atom is -0.435 e. The Morgan fingerprint density at radius 3 is 2.65 bits per heavy atom. The number of halogens is 2. The number of carbonyl (C=O) groups excluding carboxylic acids is 1. The molecule has 0 aliphatic heterocycles. The van der Waals surface area contributed by atoms with Gasteiger partial charge in [0.2, 0.25) is 5.91 Å². The molecule has 2 aromatic carbocycles. The molecule has 0 spiro atoms. The number of para-hydroxylation sites is 1. The van der Waals surface area contributed by atoms with Crippen LogP contribution in [0, 0.1) is 0 Å². The molecule has 0 aliphatic carbocycles. The number of amides is 1. The molecule has 4 nitrogen and oxygen atoms in total. The zero-order valence-electron chi connectivity index (χ0n) is 13.9. The Bertz CT molecular complexity index is 890. The SMILES string of the molecule is CN(Cc1ccc(OC(F)F)cc1)C(=O)C=Cc1nc2ccccc2s1. The van der Waals surface area contributed by atoms with Gasteiger partial charge in [-0.3, -0.25) is 4.79 Å². The summed E-state index contributed by atoms with van der Waals surface area (Å²) in [5.41, 5.74) is 1.72. The summed E-state index contributed by atoms with van der Waals surface area (Å²) in [6.07, 6.45) is 3.18. The van der Waals surface area contributed by atoms with E-state index in [9.17, 15) is 13.6 Å². The van der Waals surface area contributed by atoms with Crippen LogP contribution in [0.4, 0.5) is 8.78 Å². The Hall–Kier alpha value is -2.80. The van der Waals surface area contributed by atoms with E-state index in [0.717, 1.165) is 20.8 Å². The van der Waals surface area contributed by atoms with Gasteiger partial charge in [0, 0.05) is 19.7 Å². The predicted molar refractivity (Wildman–Crippen MR) is 98.2 cm³/mol. The molecule has 0 saturated heterocycles. The van der Waals surface area contributed by atoms with E-state index in [0.29, 0.717) is 6.54 Å². The Balaban J connectivity index is 1.60. The van der Waals surface area contributed by atoms with Gasteiger partial charge in [0.05, 0.1) is 10.2 Å². The molecule has 1 amide bonds. The number of alkyl halides is 2. The topological polar surface area (TPSA) is 42.4 Å². The smallest absolute Gasteiger partial charge is 0.387 e. The van der Waals surface area contributed by atoms with Crippen LogP contribution >= 0.6 is 11.3 Å². The molecule has 0 N–H and O–H groups in total. The number of carbonyl (C=O) groups is 1. The van der Waals surface area contributed by atoms with Gasteiger partial charge in [-0.2, -0.15) is 8.78 Å². The average Bonchev–Trinajstić information content (AvgIpc) is 3.03. The number of benzene rings is 2. The molecule has 0 fully saturated rings. The highest BCUT2D eigenvalue weighted by Crippen LogP contribution is 2.22. The van der Waals surface area contributed by atoms with E-state index in [-0.39, 0.29) is 11.7 Å². The highest BCUT2D eigenvalue weighted by atomic mass is 32.1. The lowest BCUT2D eigenvalue weighted by Crippen LogP contribution is -2.24. The van der Waals surface area contributed by atoms with E-state index >= 15 is 0 Å². The van der Waals surface area contributed by atoms with Gasteiger partial charge in [-0.15, -0.1) is 11.3 Å². The standard InChI is InChI=1S/C19H16F2N2O2S/c1-23(12-13-6-8-14(9-7-13)25-19(20)21)18(24)11-10-17-22-15-4-2-3-5-16(15)26-17/h2-11,19H,12H2,1H3. The fourth-order valence-electron chi connectivity index (χ4n) is 2.36. The van der Waals surface area contributed by atoms with Gasteiger partial charge < -0.3 is 9.64 Å². The van der Waals surface area contributed by atoms with Crippen LogP contribution in [0.5, 0.6) is 5.75 Å². The number of thiazole rings is 1. The first-order chi connectivity index (χ1) is 12.5. The van der Waals surface area contributed by atoms with Crippen molar-refractivity contribution in [3.8, 4) is 5.75 Å². The summed E-state index contributed by atoms with van der Waals surface area (Å²) in [7, 11) is 1.68. The molecule has 0 saturated carbocycles. The number of aromatic nitrogens is 1. The summed E-state index contributed by atoms with van der Waals surface area (Å²) in [5, 5.41) is 0.765. The third-order valence-electron chi connectivity index (χ3n) is 3.62. The van der Waals surface area contributed by atoms with Crippen LogP contribution in [0.15, 0.2) is 54.6 Å². The minimum absolute atomic E-state index is 0.0912. The predicted octanol–water partition coefficient (Wildman–Crippen LogP) is 4.57. The number of hydrogen-bond donors (Lipinski definition) is 0. The molecular weight excluding hydrogens is 358 g/mol. The third-order valence-corrected chi connectivity index (χ3v) is 4.63. The van der Waals surface area contributed by atoms with Crippen LogP contribution < -0.4 is 4.74 Å². The van der Waals surface area contributed by atoms with Gasteiger partial charge in [-0.05, 0) is 35.9 Å². The maximum atomic E-state index is 12.2. The second kappa shape index (κ2) is 8.05. The van der Waals surface area contributed by atoms with Crippen LogP contribution in [0.25, 0.3) is 16.3 Å². The van der Waals surface area contributed by atoms with Crippen molar-refractivity contribution in [1.29, 1.82) is 0 Å². The second-order valence-electron chi connectivity index (χ2n) is 5.57. The van der Waals surface area contributed by atoms with Crippen molar-refractivity contribution in [2.45, 2.75) is 13.2 Å². The molecule has 26 heavy (non-hydrogen) atoms. The molecule has 0 bridgehead atoms. The average molecular weight is 374 g/mol. The first-order valence-electron chi connectivity index (χ1n) is 7.84. The molecule has 7 heteroatoms. The maximum Gasteiger partial charge on any atom is 0.387 e. The molecule has 134 valence electrons. The molecule has 1 aromatic heterocycles. The Morgan fingerprint density at radius 2 is 1.96 bits per heavy atom. The van der Waals surface area contributed by atoms with E-state index in [1.54, 1.807) is 25.3 Å². The molecule has 0 atom stereocenters. The van der Waals surface area contributed by atoms with Crippen molar-refractivity contribution in [3.63, 3.8) is 0 Å². The number of nitrogens with zero attached hydrogens (tertiary/aromatic N) is 2. The summed E-state index contributed by atoms with van der Waals surface area (Å²) >= 11 is 1.52. The van der Waals surface area contributed by atoms with Gasteiger partial charge in [0.15, 0.2) is 0 Å². The van der Waals surface area contributed by atoms with E-state index in [1.807, 2.05) is 24.3 Å². The highest BCUT2D eigenvalue weighted by molar-refractivity contribution is 7.19. The molecule has 0 radical (unpaired) electrons. The van der Waals surface area contributed by atoms with Crippen LogP contribution in [0.3, 0.4) is 0 Å².